The standard InChI is InChI=1S/C35H34N2O3/c1-22(38)36-30-11-6-5-10-28(30)24-14-17-29-33(20-24)40-32-13-7-12-31(39)35(32)34(29)25-18-26-15-16-27(19-25)37(26)21-23-8-3-2-4-9-23/h2-14,17,20,25-27,34,39H,15-16,18-19,21H2,1H3,(H,36,38). The van der Waals surface area contributed by atoms with Crippen LogP contribution < -0.4 is 10.1 Å². The Morgan fingerprint density at radius 1 is 0.900 bits per heavy atom. The van der Waals surface area contributed by atoms with Crippen molar-refractivity contribution in [2.75, 3.05) is 5.32 Å². The molecule has 0 saturated carbocycles. The predicted octanol–water partition coefficient (Wildman–Crippen LogP) is 7.70. The van der Waals surface area contributed by atoms with Crippen molar-refractivity contribution >= 4 is 11.6 Å². The van der Waals surface area contributed by atoms with E-state index in [1.807, 2.05) is 36.4 Å². The number of carbonyl (C=O) groups is 1. The number of aromatic hydroxyl groups is 1. The highest BCUT2D eigenvalue weighted by atomic mass is 16.5. The first-order chi connectivity index (χ1) is 19.5. The zero-order chi connectivity index (χ0) is 27.2. The molecular formula is C35H34N2O3. The number of phenolic OH excluding ortho intramolecular Hbond substituents is 1. The fraction of sp³-hybridized carbons (Fsp3) is 0.286. The highest BCUT2D eigenvalue weighted by Crippen LogP contribution is 2.56. The van der Waals surface area contributed by atoms with Gasteiger partial charge in [-0.25, -0.2) is 0 Å². The Bertz CT molecular complexity index is 1550. The first-order valence-electron chi connectivity index (χ1n) is 14.4. The molecule has 3 aliphatic heterocycles. The van der Waals surface area contributed by atoms with Crippen molar-refractivity contribution in [3.63, 3.8) is 0 Å². The predicted molar refractivity (Wildman–Crippen MR) is 158 cm³/mol. The van der Waals surface area contributed by atoms with Crippen LogP contribution in [0, 0.1) is 5.92 Å². The van der Waals surface area contributed by atoms with Crippen LogP contribution in [0.1, 0.15) is 55.2 Å². The number of anilines is 1. The lowest BCUT2D eigenvalue weighted by molar-refractivity contribution is -0.114. The highest BCUT2D eigenvalue weighted by molar-refractivity contribution is 5.94. The second-order valence-corrected chi connectivity index (χ2v) is 11.5. The molecule has 2 saturated heterocycles. The van der Waals surface area contributed by atoms with Crippen LogP contribution >= 0.6 is 0 Å². The van der Waals surface area contributed by atoms with Crippen LogP contribution in [0.3, 0.4) is 0 Å². The Morgan fingerprint density at radius 2 is 1.65 bits per heavy atom. The summed E-state index contributed by atoms with van der Waals surface area (Å²) in [7, 11) is 0. The smallest absolute Gasteiger partial charge is 0.221 e. The number of carbonyl (C=O) groups excluding carboxylic acids is 1. The molecule has 2 bridgehead atoms. The molecule has 5 heteroatoms. The van der Waals surface area contributed by atoms with E-state index in [1.54, 1.807) is 6.07 Å². The maximum absolute atomic E-state index is 11.8. The molecule has 7 rings (SSSR count). The first-order valence-corrected chi connectivity index (χ1v) is 14.4. The average Bonchev–Trinajstić information content (AvgIpc) is 3.18. The van der Waals surface area contributed by atoms with Crippen LogP contribution in [0.4, 0.5) is 5.69 Å². The van der Waals surface area contributed by atoms with E-state index in [2.05, 4.69) is 58.7 Å². The normalized spacial score (nSPS) is 23.1. The van der Waals surface area contributed by atoms with Crippen molar-refractivity contribution in [3.05, 3.63) is 108 Å². The molecule has 3 aliphatic rings. The summed E-state index contributed by atoms with van der Waals surface area (Å²) in [5, 5.41) is 14.1. The van der Waals surface area contributed by atoms with Gasteiger partial charge in [0.15, 0.2) is 0 Å². The minimum Gasteiger partial charge on any atom is -0.508 e. The van der Waals surface area contributed by atoms with E-state index in [0.29, 0.717) is 23.8 Å². The summed E-state index contributed by atoms with van der Waals surface area (Å²) in [4.78, 5) is 14.6. The summed E-state index contributed by atoms with van der Waals surface area (Å²) in [5.74, 6) is 2.27. The average molecular weight is 531 g/mol. The van der Waals surface area contributed by atoms with Gasteiger partial charge in [-0.15, -0.1) is 0 Å². The van der Waals surface area contributed by atoms with Crippen LogP contribution in [-0.4, -0.2) is 28.0 Å². The molecule has 0 spiro atoms. The minimum absolute atomic E-state index is 0.0709. The van der Waals surface area contributed by atoms with Gasteiger partial charge in [-0.2, -0.15) is 0 Å². The van der Waals surface area contributed by atoms with Crippen molar-refractivity contribution in [1.82, 2.24) is 4.90 Å². The van der Waals surface area contributed by atoms with Gasteiger partial charge >= 0.3 is 0 Å². The van der Waals surface area contributed by atoms with Crippen LogP contribution in [0.15, 0.2) is 91.0 Å². The molecule has 2 fully saturated rings. The second-order valence-electron chi connectivity index (χ2n) is 11.5. The van der Waals surface area contributed by atoms with Crippen LogP contribution in [0.5, 0.6) is 17.2 Å². The third kappa shape index (κ3) is 4.44. The Morgan fingerprint density at radius 3 is 2.42 bits per heavy atom. The molecule has 0 aromatic heterocycles. The molecule has 3 atom stereocenters. The number of piperidine rings is 1. The van der Waals surface area contributed by atoms with Gasteiger partial charge in [0.1, 0.15) is 17.2 Å². The van der Waals surface area contributed by atoms with Crippen LogP contribution in [0.2, 0.25) is 0 Å². The number of fused-ring (bicyclic) bond motifs is 4. The van der Waals surface area contributed by atoms with Gasteiger partial charge < -0.3 is 15.2 Å². The quantitative estimate of drug-likeness (QED) is 0.278. The molecule has 5 nitrogen and oxygen atoms in total. The SMILES string of the molecule is CC(=O)Nc1ccccc1-c1ccc2c(c1)Oc1cccc(O)c1C2C1CC2CCC(C1)N2Cc1ccccc1. The van der Waals surface area contributed by atoms with Gasteiger partial charge in [-0.05, 0) is 67.0 Å². The van der Waals surface area contributed by atoms with Crippen LogP contribution in [-0.2, 0) is 11.3 Å². The maximum atomic E-state index is 11.8. The number of phenols is 1. The molecule has 3 unspecified atom stereocenters. The number of ether oxygens (including phenoxy) is 1. The summed E-state index contributed by atoms with van der Waals surface area (Å²) in [5.41, 5.74) is 6.16. The number of para-hydroxylation sites is 1. The molecule has 202 valence electrons. The fourth-order valence-corrected chi connectivity index (χ4v) is 7.42. The molecule has 4 aromatic carbocycles. The monoisotopic (exact) mass is 530 g/mol. The Balaban J connectivity index is 1.24. The third-order valence-electron chi connectivity index (χ3n) is 9.07. The molecule has 0 radical (unpaired) electrons. The van der Waals surface area contributed by atoms with Crippen molar-refractivity contribution in [3.8, 4) is 28.4 Å². The largest absolute Gasteiger partial charge is 0.508 e. The van der Waals surface area contributed by atoms with E-state index in [0.717, 1.165) is 58.8 Å². The van der Waals surface area contributed by atoms with Crippen LogP contribution in [0.25, 0.3) is 11.1 Å². The molecule has 1 amide bonds. The Kier molecular flexibility index (Phi) is 6.32. The minimum atomic E-state index is -0.0978. The zero-order valence-corrected chi connectivity index (χ0v) is 22.7. The lowest BCUT2D eigenvalue weighted by Gasteiger charge is -2.43. The molecule has 3 heterocycles. The van der Waals surface area contributed by atoms with E-state index in [4.69, 9.17) is 4.74 Å². The number of nitrogens with zero attached hydrogens (tertiary/aromatic N) is 1. The highest BCUT2D eigenvalue weighted by Gasteiger charge is 2.46. The molecule has 40 heavy (non-hydrogen) atoms. The summed E-state index contributed by atoms with van der Waals surface area (Å²) in [6, 6.07) is 31.8. The first kappa shape index (κ1) is 24.9. The lowest BCUT2D eigenvalue weighted by atomic mass is 9.72. The van der Waals surface area contributed by atoms with Gasteiger partial charge in [-0.1, -0.05) is 66.7 Å². The summed E-state index contributed by atoms with van der Waals surface area (Å²) >= 11 is 0. The fourth-order valence-electron chi connectivity index (χ4n) is 7.42. The Hall–Kier alpha value is -4.09. The van der Waals surface area contributed by atoms with Crippen molar-refractivity contribution < 1.29 is 14.6 Å². The van der Waals surface area contributed by atoms with Crippen molar-refractivity contribution in [1.29, 1.82) is 0 Å². The Labute approximate surface area is 235 Å². The number of rotatable bonds is 5. The van der Waals surface area contributed by atoms with E-state index >= 15 is 0 Å². The van der Waals surface area contributed by atoms with E-state index < -0.39 is 0 Å². The molecule has 0 aliphatic carbocycles. The van der Waals surface area contributed by atoms with Crippen molar-refractivity contribution in [2.24, 2.45) is 5.92 Å². The van der Waals surface area contributed by atoms with Gasteiger partial charge in [0.05, 0.1) is 0 Å². The van der Waals surface area contributed by atoms with Gasteiger partial charge in [0.2, 0.25) is 5.91 Å². The number of benzene rings is 4. The number of hydrogen-bond donors (Lipinski definition) is 2. The lowest BCUT2D eigenvalue weighted by Crippen LogP contribution is -2.44. The van der Waals surface area contributed by atoms with E-state index in [9.17, 15) is 9.90 Å². The van der Waals surface area contributed by atoms with E-state index in [1.165, 1.54) is 25.3 Å². The summed E-state index contributed by atoms with van der Waals surface area (Å²) in [6.07, 6.45) is 4.68. The summed E-state index contributed by atoms with van der Waals surface area (Å²) < 4.78 is 6.47. The topological polar surface area (TPSA) is 61.8 Å². The number of nitrogens with one attached hydrogen (secondary N) is 1. The van der Waals surface area contributed by atoms with E-state index in [-0.39, 0.29) is 11.8 Å². The zero-order valence-electron chi connectivity index (χ0n) is 22.7. The molecular weight excluding hydrogens is 496 g/mol. The van der Waals surface area contributed by atoms with Crippen molar-refractivity contribution in [2.45, 2.75) is 57.2 Å². The van der Waals surface area contributed by atoms with Gasteiger partial charge in [0.25, 0.3) is 0 Å². The maximum Gasteiger partial charge on any atom is 0.221 e. The van der Waals surface area contributed by atoms with Gasteiger partial charge in [-0.3, -0.25) is 9.69 Å². The summed E-state index contributed by atoms with van der Waals surface area (Å²) in [6.45, 7) is 2.53. The number of amides is 1. The number of hydrogen-bond acceptors (Lipinski definition) is 4. The third-order valence-corrected chi connectivity index (χ3v) is 9.07. The molecule has 4 aromatic rings. The molecule has 2 N–H and O–H groups in total. The van der Waals surface area contributed by atoms with Gasteiger partial charge in [0, 0.05) is 53.8 Å². The second kappa shape index (κ2) is 10.1.